The van der Waals surface area contributed by atoms with E-state index in [9.17, 15) is 38.4 Å². The minimum absolute atomic E-state index is 0. The lowest BCUT2D eigenvalue weighted by atomic mass is 9.90. The van der Waals surface area contributed by atoms with Gasteiger partial charge in [-0.1, -0.05) is 68.2 Å². The molecule has 0 aromatic carbocycles. The summed E-state index contributed by atoms with van der Waals surface area (Å²) in [5, 5.41) is 25.3. The Morgan fingerprint density at radius 1 is 0.500 bits per heavy atom. The number of hydrogen-bond acceptors (Lipinski definition) is 21. The number of unbranched alkanes of at least 4 members (excludes halogenated alkanes) is 3. The molecule has 0 rings (SSSR count). The summed E-state index contributed by atoms with van der Waals surface area (Å²) in [6.07, 6.45) is 8.09. The molecule has 0 aliphatic rings. The van der Waals surface area contributed by atoms with Crippen LogP contribution < -0.4 is 0 Å². The largest absolute Gasteiger partial charge is 0.481 e. The van der Waals surface area contributed by atoms with Crippen molar-refractivity contribution >= 4 is 70.9 Å². The van der Waals surface area contributed by atoms with E-state index in [-0.39, 0.29) is 89.0 Å². The maximum absolute atomic E-state index is 11.7. The zero-order chi connectivity index (χ0) is 66.7. The molecule has 2 atom stereocenters. The Kier molecular flexibility index (Phi) is 60.6. The van der Waals surface area contributed by atoms with Gasteiger partial charge in [-0.2, -0.15) is 11.8 Å². The van der Waals surface area contributed by atoms with Gasteiger partial charge < -0.3 is 67.6 Å². The average molecular weight is 1280 g/mol. The number of carboxylic acid groups (broad SMARTS) is 3. The molecule has 22 nitrogen and oxygen atoms in total. The van der Waals surface area contributed by atoms with Crippen LogP contribution in [0.15, 0.2) is 0 Å². The molecule has 0 radical (unpaired) electrons. The number of likely N-dealkylation sites (N-methyl/N-ethyl adjacent to an activating group) is 1. The number of thioether (sulfide) groups is 2. The first-order valence-corrected chi connectivity index (χ1v) is 31.7. The van der Waals surface area contributed by atoms with Gasteiger partial charge in [-0.05, 0) is 92.3 Å². The zero-order valence-corrected chi connectivity index (χ0v) is 57.6. The molecule has 0 aliphatic heterocycles. The third-order valence-electron chi connectivity index (χ3n) is 13.8. The molecule has 3 N–H and O–H groups in total. The minimum atomic E-state index is -1.59. The Morgan fingerprint density at radius 3 is 1.19 bits per heavy atom. The van der Waals surface area contributed by atoms with Crippen molar-refractivity contribution in [1.29, 1.82) is 0 Å². The standard InChI is InChI=1S/C16H34O7.C14H20O8S2.C12H25NO2.C12H24O2.C7H14O2.CH4/c1-17-7-15(8-18-2,9-19-3)13-23-14-16(10-20-4,11-21-5)12-22-6;1-23-4-2-8(15)6-9(16)3-5-24-12(14(21)22)10(13(19)20)7-11(17)18;1-6-12(4,5)11(14)15-10-9-13(7-2)8-3;1-5-7-8-9-10-14-11(13)12(3,4)6-2;1-5-7(2,3)6(8)9-4;/h7-14H2,1-6H3;10,12H,2-7H2,1H3,(H,17,18)(H,19,20)(H,21,22);6-10H2,1-5H3;5-10H2,1-4H3;5H2,1-4H3;1H4. The summed E-state index contributed by atoms with van der Waals surface area (Å²) in [4.78, 5) is 92.2. The number of carbonyl (C=O) groups excluding carboxylic acids is 5. The Labute approximate surface area is 527 Å². The molecular formula is C62H121NO21S2. The van der Waals surface area contributed by atoms with Crippen molar-refractivity contribution in [3.63, 3.8) is 0 Å². The molecule has 0 saturated carbocycles. The third kappa shape index (κ3) is 46.6. The summed E-state index contributed by atoms with van der Waals surface area (Å²) in [5.41, 5.74) is -1.67. The predicted octanol–water partition coefficient (Wildman–Crippen LogP) is 9.96. The Bertz CT molecular complexity index is 1720. The molecular weight excluding hydrogens is 1160 g/mol. The van der Waals surface area contributed by atoms with Crippen LogP contribution in [0.5, 0.6) is 0 Å². The van der Waals surface area contributed by atoms with Crippen LogP contribution in [0.1, 0.15) is 161 Å². The first kappa shape index (κ1) is 93.7. The molecule has 0 aliphatic carbocycles. The van der Waals surface area contributed by atoms with E-state index < -0.39 is 35.5 Å². The maximum atomic E-state index is 11.7. The fraction of sp³-hybridized carbons (Fsp3) is 0.871. The van der Waals surface area contributed by atoms with Crippen LogP contribution in [0.4, 0.5) is 0 Å². The second-order valence-electron chi connectivity index (χ2n) is 22.6. The normalized spacial score (nSPS) is 12.2. The van der Waals surface area contributed by atoms with Gasteiger partial charge in [-0.15, -0.1) is 11.8 Å². The van der Waals surface area contributed by atoms with Crippen molar-refractivity contribution in [2.45, 2.75) is 166 Å². The SMILES string of the molecule is C.CCC(C)(C)C(=O)OC.CCCCCCOC(=O)C(C)(C)CC.CCN(CC)CCOC(=O)C(C)(C)CC.COCC(COC)(COC)COCC(COC)(COC)COC.CSCCC(=O)CC(=O)CCSC(C(=O)O)C(CC(=O)O)C(=O)O. The summed E-state index contributed by atoms with van der Waals surface area (Å²) in [5.74, 6) is -6.15. The second-order valence-corrected chi connectivity index (χ2v) is 24.8. The summed E-state index contributed by atoms with van der Waals surface area (Å²) in [6, 6.07) is 0. The number of rotatable bonds is 46. The summed E-state index contributed by atoms with van der Waals surface area (Å²) < 4.78 is 53.0. The van der Waals surface area contributed by atoms with Crippen LogP contribution in [0, 0.1) is 33.0 Å². The Balaban J connectivity index is -0.000000240. The monoisotopic (exact) mass is 1280 g/mol. The van der Waals surface area contributed by atoms with E-state index >= 15 is 0 Å². The van der Waals surface area contributed by atoms with Crippen LogP contribution in [0.25, 0.3) is 0 Å². The van der Waals surface area contributed by atoms with E-state index in [1.54, 1.807) is 42.7 Å². The van der Waals surface area contributed by atoms with Gasteiger partial charge in [0, 0.05) is 67.8 Å². The number of Topliss-reactive ketones (excluding diaryl/α,β-unsaturated/α-hetero) is 2. The number of carboxylic acids is 3. The molecule has 0 saturated heterocycles. The first-order chi connectivity index (χ1) is 39.8. The highest BCUT2D eigenvalue weighted by molar-refractivity contribution is 8.00. The van der Waals surface area contributed by atoms with Crippen molar-refractivity contribution in [2.75, 3.05) is 153 Å². The lowest BCUT2D eigenvalue weighted by Gasteiger charge is -2.35. The van der Waals surface area contributed by atoms with E-state index in [1.807, 2.05) is 68.6 Å². The smallest absolute Gasteiger partial charge is 0.317 e. The number of nitrogens with zero attached hydrogens (tertiary/aromatic N) is 1. The molecule has 0 aromatic heterocycles. The molecule has 0 bridgehead atoms. The van der Waals surface area contributed by atoms with Crippen LogP contribution in [0.3, 0.4) is 0 Å². The highest BCUT2D eigenvalue weighted by atomic mass is 32.2. The fourth-order valence-corrected chi connectivity index (χ4v) is 8.82. The van der Waals surface area contributed by atoms with Crippen LogP contribution in [-0.2, 0) is 85.7 Å². The van der Waals surface area contributed by atoms with E-state index in [0.717, 1.165) is 51.7 Å². The van der Waals surface area contributed by atoms with E-state index in [1.165, 1.54) is 31.7 Å². The molecule has 512 valence electrons. The Hall–Kier alpha value is -3.46. The second kappa shape index (κ2) is 55.6. The lowest BCUT2D eigenvalue weighted by Crippen LogP contribution is -2.45. The zero-order valence-electron chi connectivity index (χ0n) is 56.0. The van der Waals surface area contributed by atoms with Crippen molar-refractivity contribution in [3.8, 4) is 0 Å². The number of carbonyl (C=O) groups is 8. The molecule has 0 amide bonds. The highest BCUT2D eigenvalue weighted by Crippen LogP contribution is 2.27. The molecule has 0 heterocycles. The molecule has 0 spiro atoms. The van der Waals surface area contributed by atoms with Crippen molar-refractivity contribution in [3.05, 3.63) is 0 Å². The fourth-order valence-electron chi connectivity index (χ4n) is 7.21. The topological polar surface area (TPSA) is 293 Å². The van der Waals surface area contributed by atoms with Crippen LogP contribution >= 0.6 is 23.5 Å². The molecule has 0 aromatic rings. The van der Waals surface area contributed by atoms with Gasteiger partial charge in [0.15, 0.2) is 0 Å². The van der Waals surface area contributed by atoms with Crippen LogP contribution in [0.2, 0.25) is 0 Å². The first-order valence-electron chi connectivity index (χ1n) is 29.3. The molecule has 0 fully saturated rings. The number of hydrogen-bond donors (Lipinski definition) is 3. The molecule has 2 unspecified atom stereocenters. The maximum Gasteiger partial charge on any atom is 0.317 e. The van der Waals surface area contributed by atoms with Gasteiger partial charge in [-0.25, -0.2) is 0 Å². The molecule has 86 heavy (non-hydrogen) atoms. The minimum Gasteiger partial charge on any atom is -0.481 e. The van der Waals surface area contributed by atoms with Crippen LogP contribution in [-0.4, -0.2) is 226 Å². The third-order valence-corrected chi connectivity index (χ3v) is 15.7. The van der Waals surface area contributed by atoms with E-state index in [0.29, 0.717) is 83.6 Å². The van der Waals surface area contributed by atoms with E-state index in [4.69, 9.17) is 58.0 Å². The Morgan fingerprint density at radius 2 is 0.884 bits per heavy atom. The van der Waals surface area contributed by atoms with Crippen molar-refractivity contribution in [2.24, 2.45) is 33.0 Å². The van der Waals surface area contributed by atoms with E-state index in [2.05, 4.69) is 30.4 Å². The number of ether oxygens (including phenoxy) is 10. The van der Waals surface area contributed by atoms with Gasteiger partial charge in [0.1, 0.15) is 23.4 Å². The summed E-state index contributed by atoms with van der Waals surface area (Å²) in [7, 11) is 11.4. The summed E-state index contributed by atoms with van der Waals surface area (Å²) in [6.45, 7) is 31.6. The highest BCUT2D eigenvalue weighted by Gasteiger charge is 2.37. The van der Waals surface area contributed by atoms with Gasteiger partial charge in [0.2, 0.25) is 0 Å². The lowest BCUT2D eigenvalue weighted by molar-refractivity contribution is -0.155. The van der Waals surface area contributed by atoms with Gasteiger partial charge in [0.05, 0.1) is 112 Å². The number of ketones is 2. The van der Waals surface area contributed by atoms with Gasteiger partial charge >= 0.3 is 35.8 Å². The van der Waals surface area contributed by atoms with Gasteiger partial charge in [0.25, 0.3) is 0 Å². The summed E-state index contributed by atoms with van der Waals surface area (Å²) >= 11 is 2.19. The predicted molar refractivity (Wildman–Crippen MR) is 341 cm³/mol. The average Bonchev–Trinajstić information content (AvgIpc) is 3.67. The number of esters is 3. The van der Waals surface area contributed by atoms with Gasteiger partial charge in [-0.3, -0.25) is 38.4 Å². The number of aliphatic carboxylic acids is 3. The molecule has 24 heteroatoms. The van der Waals surface area contributed by atoms with Crippen molar-refractivity contribution in [1.82, 2.24) is 4.90 Å². The number of methoxy groups -OCH3 is 7. The quantitative estimate of drug-likeness (QED) is 0.0221. The van der Waals surface area contributed by atoms with Crippen molar-refractivity contribution < 1.29 is 101 Å².